The molecule has 110 valence electrons. The fourth-order valence-electron chi connectivity index (χ4n) is 1.89. The van der Waals surface area contributed by atoms with Crippen LogP contribution in [0.1, 0.15) is 25.2 Å². The van der Waals surface area contributed by atoms with Crippen LogP contribution in [0.25, 0.3) is 10.6 Å². The van der Waals surface area contributed by atoms with Gasteiger partial charge in [-0.25, -0.2) is 4.68 Å². The summed E-state index contributed by atoms with van der Waals surface area (Å²) in [5.74, 6) is 0.793. The molecule has 6 nitrogen and oxygen atoms in total. The molecule has 3 aromatic heterocycles. The molecule has 0 aliphatic heterocycles. The van der Waals surface area contributed by atoms with Crippen LogP contribution in [0.5, 0.6) is 0 Å². The van der Waals surface area contributed by atoms with Gasteiger partial charge < -0.3 is 9.84 Å². The molecule has 0 radical (unpaired) electrons. The summed E-state index contributed by atoms with van der Waals surface area (Å²) in [5.41, 5.74) is 1.76. The van der Waals surface area contributed by atoms with Gasteiger partial charge in [0.15, 0.2) is 5.76 Å². The standard InChI is InChI=1S/C14H17N5OS/c1-10(2)15-7-12-9-19(18-16-12)8-11-6-13(20-17-11)14-4-3-5-21-14/h3-6,9-10,15H,7-8H2,1-2H3. The zero-order valence-corrected chi connectivity index (χ0v) is 12.8. The molecule has 0 bridgehead atoms. The zero-order chi connectivity index (χ0) is 14.7. The molecule has 0 spiro atoms. The lowest BCUT2D eigenvalue weighted by atomic mass is 10.3. The Labute approximate surface area is 126 Å². The van der Waals surface area contributed by atoms with Gasteiger partial charge in [0.25, 0.3) is 0 Å². The Bertz CT molecular complexity index is 686. The number of thiophene rings is 1. The van der Waals surface area contributed by atoms with Gasteiger partial charge in [-0.05, 0) is 11.4 Å². The van der Waals surface area contributed by atoms with E-state index >= 15 is 0 Å². The van der Waals surface area contributed by atoms with Gasteiger partial charge >= 0.3 is 0 Å². The Hall–Kier alpha value is -1.99. The van der Waals surface area contributed by atoms with Crippen molar-refractivity contribution in [3.8, 4) is 10.6 Å². The highest BCUT2D eigenvalue weighted by molar-refractivity contribution is 7.13. The third-order valence-electron chi connectivity index (χ3n) is 2.92. The van der Waals surface area contributed by atoms with Gasteiger partial charge in [0.2, 0.25) is 0 Å². The van der Waals surface area contributed by atoms with Gasteiger partial charge in [0.1, 0.15) is 5.69 Å². The van der Waals surface area contributed by atoms with E-state index in [9.17, 15) is 0 Å². The highest BCUT2D eigenvalue weighted by atomic mass is 32.1. The minimum absolute atomic E-state index is 0.430. The number of nitrogens with one attached hydrogen (secondary N) is 1. The lowest BCUT2D eigenvalue weighted by Crippen LogP contribution is -2.21. The van der Waals surface area contributed by atoms with Crippen molar-refractivity contribution in [2.24, 2.45) is 0 Å². The Morgan fingerprint density at radius 3 is 3.05 bits per heavy atom. The van der Waals surface area contributed by atoms with Crippen LogP contribution in [0.2, 0.25) is 0 Å². The third-order valence-corrected chi connectivity index (χ3v) is 3.81. The second-order valence-corrected chi connectivity index (χ2v) is 6.05. The predicted molar refractivity (Wildman–Crippen MR) is 80.9 cm³/mol. The van der Waals surface area contributed by atoms with Gasteiger partial charge in [-0.1, -0.05) is 30.3 Å². The molecular weight excluding hydrogens is 286 g/mol. The van der Waals surface area contributed by atoms with Crippen LogP contribution in [0.3, 0.4) is 0 Å². The van der Waals surface area contributed by atoms with Crippen molar-refractivity contribution in [3.05, 3.63) is 41.2 Å². The molecule has 1 N–H and O–H groups in total. The molecule has 0 unspecified atom stereocenters. The first-order valence-corrected chi connectivity index (χ1v) is 7.70. The average molecular weight is 303 g/mol. The van der Waals surface area contributed by atoms with E-state index in [-0.39, 0.29) is 0 Å². The second kappa shape index (κ2) is 6.19. The summed E-state index contributed by atoms with van der Waals surface area (Å²) in [5, 5.41) is 17.7. The van der Waals surface area contributed by atoms with E-state index in [1.54, 1.807) is 16.0 Å². The van der Waals surface area contributed by atoms with Crippen LogP contribution >= 0.6 is 11.3 Å². The van der Waals surface area contributed by atoms with Crippen molar-refractivity contribution in [2.45, 2.75) is 33.0 Å². The molecule has 3 aromatic rings. The van der Waals surface area contributed by atoms with Gasteiger partial charge in [-0.15, -0.1) is 16.4 Å². The molecule has 3 heterocycles. The van der Waals surface area contributed by atoms with Gasteiger partial charge in [0, 0.05) is 18.7 Å². The van der Waals surface area contributed by atoms with Crippen LogP contribution in [0, 0.1) is 0 Å². The largest absolute Gasteiger partial charge is 0.355 e. The summed E-state index contributed by atoms with van der Waals surface area (Å²) < 4.78 is 7.12. The lowest BCUT2D eigenvalue weighted by Gasteiger charge is -2.03. The quantitative estimate of drug-likeness (QED) is 0.758. The molecule has 0 amide bonds. The van der Waals surface area contributed by atoms with Crippen molar-refractivity contribution in [2.75, 3.05) is 0 Å². The maximum absolute atomic E-state index is 5.35. The highest BCUT2D eigenvalue weighted by Crippen LogP contribution is 2.25. The molecule has 3 rings (SSSR count). The number of rotatable bonds is 6. The first-order valence-electron chi connectivity index (χ1n) is 6.82. The molecule has 0 aliphatic rings. The Balaban J connectivity index is 1.64. The molecule has 7 heteroatoms. The number of hydrogen-bond acceptors (Lipinski definition) is 6. The zero-order valence-electron chi connectivity index (χ0n) is 12.0. The molecule has 0 fully saturated rings. The Kier molecular flexibility index (Phi) is 4.12. The molecule has 0 saturated carbocycles. The normalized spacial score (nSPS) is 11.4. The van der Waals surface area contributed by atoms with Crippen LogP contribution in [-0.4, -0.2) is 26.2 Å². The van der Waals surface area contributed by atoms with Gasteiger partial charge in [-0.2, -0.15) is 0 Å². The summed E-state index contributed by atoms with van der Waals surface area (Å²) in [6.45, 7) is 5.48. The maximum Gasteiger partial charge on any atom is 0.177 e. The van der Waals surface area contributed by atoms with Crippen molar-refractivity contribution in [3.63, 3.8) is 0 Å². The van der Waals surface area contributed by atoms with Crippen molar-refractivity contribution < 1.29 is 4.52 Å². The molecular formula is C14H17N5OS. The SMILES string of the molecule is CC(C)NCc1cn(Cc2cc(-c3cccs3)on2)nn1. The van der Waals surface area contributed by atoms with E-state index < -0.39 is 0 Å². The van der Waals surface area contributed by atoms with Gasteiger partial charge in [0.05, 0.1) is 23.3 Å². The average Bonchev–Trinajstić information content (AvgIpc) is 3.18. The van der Waals surface area contributed by atoms with Crippen molar-refractivity contribution in [1.29, 1.82) is 0 Å². The van der Waals surface area contributed by atoms with E-state index in [4.69, 9.17) is 4.52 Å². The Morgan fingerprint density at radius 1 is 1.38 bits per heavy atom. The predicted octanol–water partition coefficient (Wildman–Crippen LogP) is 2.54. The molecule has 0 saturated heterocycles. The van der Waals surface area contributed by atoms with Crippen LogP contribution < -0.4 is 5.32 Å². The lowest BCUT2D eigenvalue weighted by molar-refractivity contribution is 0.419. The molecule has 0 atom stereocenters. The number of nitrogens with zero attached hydrogens (tertiary/aromatic N) is 4. The van der Waals surface area contributed by atoms with Gasteiger partial charge in [-0.3, -0.25) is 0 Å². The first-order chi connectivity index (χ1) is 10.2. The van der Waals surface area contributed by atoms with Crippen molar-refractivity contribution in [1.82, 2.24) is 25.5 Å². The molecule has 0 aromatic carbocycles. The summed E-state index contributed by atoms with van der Waals surface area (Å²) in [6, 6.07) is 6.38. The molecule has 21 heavy (non-hydrogen) atoms. The van der Waals surface area contributed by atoms with E-state index in [1.807, 2.05) is 29.8 Å². The van der Waals surface area contributed by atoms with E-state index in [1.165, 1.54) is 0 Å². The first kappa shape index (κ1) is 14.0. The number of hydrogen-bond donors (Lipinski definition) is 1. The third kappa shape index (κ3) is 3.56. The van der Waals surface area contributed by atoms with E-state index in [2.05, 4.69) is 34.6 Å². The fourth-order valence-corrected chi connectivity index (χ4v) is 2.57. The summed E-state index contributed by atoms with van der Waals surface area (Å²) in [7, 11) is 0. The summed E-state index contributed by atoms with van der Waals surface area (Å²) in [4.78, 5) is 1.08. The monoisotopic (exact) mass is 303 g/mol. The highest BCUT2D eigenvalue weighted by Gasteiger charge is 2.09. The number of aromatic nitrogens is 4. The van der Waals surface area contributed by atoms with Crippen LogP contribution in [0.15, 0.2) is 34.3 Å². The topological polar surface area (TPSA) is 68.8 Å². The second-order valence-electron chi connectivity index (χ2n) is 5.10. The minimum Gasteiger partial charge on any atom is -0.355 e. The van der Waals surface area contributed by atoms with Crippen LogP contribution in [-0.2, 0) is 13.1 Å². The molecule has 0 aliphatic carbocycles. The minimum atomic E-state index is 0.430. The summed E-state index contributed by atoms with van der Waals surface area (Å²) in [6.07, 6.45) is 1.93. The van der Waals surface area contributed by atoms with E-state index in [0.717, 1.165) is 28.6 Å². The van der Waals surface area contributed by atoms with Crippen molar-refractivity contribution >= 4 is 11.3 Å². The smallest absolute Gasteiger partial charge is 0.177 e. The fraction of sp³-hybridized carbons (Fsp3) is 0.357. The summed E-state index contributed by atoms with van der Waals surface area (Å²) >= 11 is 1.63. The van der Waals surface area contributed by atoms with E-state index in [0.29, 0.717) is 12.6 Å². The Morgan fingerprint density at radius 2 is 2.29 bits per heavy atom. The van der Waals surface area contributed by atoms with Crippen LogP contribution in [0.4, 0.5) is 0 Å². The maximum atomic E-state index is 5.35.